The molecule has 4 N–H and O–H groups in total. The first kappa shape index (κ1) is 10.5. The van der Waals surface area contributed by atoms with Crippen molar-refractivity contribution in [2.75, 3.05) is 5.73 Å². The van der Waals surface area contributed by atoms with Crippen LogP contribution in [0.5, 0.6) is 0 Å². The van der Waals surface area contributed by atoms with Crippen LogP contribution >= 0.6 is 0 Å². The zero-order valence-corrected chi connectivity index (χ0v) is 9.41. The predicted octanol–water partition coefficient (Wildman–Crippen LogP) is 0.318. The van der Waals surface area contributed by atoms with Gasteiger partial charge in [-0.25, -0.2) is 9.50 Å². The van der Waals surface area contributed by atoms with Crippen LogP contribution < -0.4 is 11.5 Å². The Morgan fingerprint density at radius 1 is 1.47 bits per heavy atom. The van der Waals surface area contributed by atoms with Gasteiger partial charge >= 0.3 is 0 Å². The minimum atomic E-state index is 0.183. The average molecular weight is 233 g/mol. The van der Waals surface area contributed by atoms with E-state index in [1.54, 1.807) is 4.52 Å². The second kappa shape index (κ2) is 3.97. The molecule has 0 unspecified atom stereocenters. The molecule has 1 aliphatic carbocycles. The molecular weight excluding hydrogens is 218 g/mol. The molecule has 0 saturated heterocycles. The Hall–Kier alpha value is -1.66. The standard InChI is InChI=1S/C11H15N5O/c12-8-1-2-10(8)17-5-7-3-9(13)11-14-6-15-16(11)4-7/h3-4,6,8,10H,1-2,5,12-13H2/t8-,10-/m1/s1. The molecule has 0 aliphatic heterocycles. The topological polar surface area (TPSA) is 91.5 Å². The van der Waals surface area contributed by atoms with E-state index in [4.69, 9.17) is 16.2 Å². The number of nitrogens with zero attached hydrogens (tertiary/aromatic N) is 3. The molecule has 1 saturated carbocycles. The Kier molecular flexibility index (Phi) is 2.45. The fourth-order valence-corrected chi connectivity index (χ4v) is 1.99. The molecule has 2 aromatic rings. The molecular formula is C11H15N5O. The van der Waals surface area contributed by atoms with Crippen molar-refractivity contribution >= 4 is 11.3 Å². The Bertz CT molecular complexity index is 538. The molecule has 2 aromatic heterocycles. The Labute approximate surface area is 98.6 Å². The van der Waals surface area contributed by atoms with Crippen LogP contribution in [0.3, 0.4) is 0 Å². The number of ether oxygens (including phenoxy) is 1. The van der Waals surface area contributed by atoms with Crippen molar-refractivity contribution < 1.29 is 4.74 Å². The highest BCUT2D eigenvalue weighted by molar-refractivity contribution is 5.64. The van der Waals surface area contributed by atoms with Crippen molar-refractivity contribution in [1.82, 2.24) is 14.6 Å². The summed E-state index contributed by atoms with van der Waals surface area (Å²) in [7, 11) is 0. The van der Waals surface area contributed by atoms with Crippen molar-refractivity contribution in [3.63, 3.8) is 0 Å². The number of anilines is 1. The van der Waals surface area contributed by atoms with Crippen LogP contribution in [-0.4, -0.2) is 26.7 Å². The summed E-state index contributed by atoms with van der Waals surface area (Å²) in [5, 5.41) is 4.06. The van der Waals surface area contributed by atoms with Crippen LogP contribution in [0.4, 0.5) is 5.69 Å². The first-order valence-electron chi connectivity index (χ1n) is 5.69. The van der Waals surface area contributed by atoms with Crippen molar-refractivity contribution in [2.45, 2.75) is 31.6 Å². The number of rotatable bonds is 3. The number of fused-ring (bicyclic) bond motifs is 1. The van der Waals surface area contributed by atoms with Gasteiger partial charge in [0.2, 0.25) is 0 Å². The highest BCUT2D eigenvalue weighted by atomic mass is 16.5. The van der Waals surface area contributed by atoms with Gasteiger partial charge in [0.25, 0.3) is 0 Å². The van der Waals surface area contributed by atoms with Crippen molar-refractivity contribution in [2.24, 2.45) is 5.73 Å². The van der Waals surface area contributed by atoms with E-state index in [0.29, 0.717) is 17.9 Å². The molecule has 1 fully saturated rings. The lowest BCUT2D eigenvalue weighted by Crippen LogP contribution is -2.45. The molecule has 6 nitrogen and oxygen atoms in total. The summed E-state index contributed by atoms with van der Waals surface area (Å²) in [4.78, 5) is 4.06. The number of hydrogen-bond acceptors (Lipinski definition) is 5. The van der Waals surface area contributed by atoms with Gasteiger partial charge in [-0.15, -0.1) is 0 Å². The molecule has 90 valence electrons. The van der Waals surface area contributed by atoms with Crippen LogP contribution in [-0.2, 0) is 11.3 Å². The van der Waals surface area contributed by atoms with E-state index in [9.17, 15) is 0 Å². The lowest BCUT2D eigenvalue weighted by Gasteiger charge is -2.33. The van der Waals surface area contributed by atoms with E-state index in [1.165, 1.54) is 6.33 Å². The second-order valence-electron chi connectivity index (χ2n) is 4.42. The van der Waals surface area contributed by atoms with Crippen LogP contribution in [0.15, 0.2) is 18.6 Å². The molecule has 0 spiro atoms. The minimum Gasteiger partial charge on any atom is -0.396 e. The number of aromatic nitrogens is 3. The Balaban J connectivity index is 1.76. The van der Waals surface area contributed by atoms with Crippen molar-refractivity contribution in [1.29, 1.82) is 0 Å². The third kappa shape index (κ3) is 1.85. The third-order valence-electron chi connectivity index (χ3n) is 3.19. The molecule has 17 heavy (non-hydrogen) atoms. The fourth-order valence-electron chi connectivity index (χ4n) is 1.99. The zero-order valence-electron chi connectivity index (χ0n) is 9.41. The van der Waals surface area contributed by atoms with Crippen LogP contribution in [0, 0.1) is 0 Å². The molecule has 6 heteroatoms. The van der Waals surface area contributed by atoms with Crippen LogP contribution in [0.2, 0.25) is 0 Å². The first-order valence-corrected chi connectivity index (χ1v) is 5.69. The lowest BCUT2D eigenvalue weighted by atomic mass is 9.90. The number of pyridine rings is 1. The number of hydrogen-bond donors (Lipinski definition) is 2. The second-order valence-corrected chi connectivity index (χ2v) is 4.42. The molecule has 3 rings (SSSR count). The lowest BCUT2D eigenvalue weighted by molar-refractivity contribution is -0.0246. The maximum atomic E-state index is 5.88. The van der Waals surface area contributed by atoms with E-state index < -0.39 is 0 Å². The number of nitrogens with two attached hydrogens (primary N) is 2. The van der Waals surface area contributed by atoms with Gasteiger partial charge in [0.05, 0.1) is 18.4 Å². The van der Waals surface area contributed by atoms with Gasteiger partial charge in [0, 0.05) is 12.2 Å². The molecule has 0 bridgehead atoms. The summed E-state index contributed by atoms with van der Waals surface area (Å²) in [6, 6.07) is 2.05. The van der Waals surface area contributed by atoms with Crippen LogP contribution in [0.25, 0.3) is 5.65 Å². The fraction of sp³-hybridized carbons (Fsp3) is 0.455. The van der Waals surface area contributed by atoms with Gasteiger partial charge in [0.1, 0.15) is 6.33 Å². The monoisotopic (exact) mass is 233 g/mol. The largest absolute Gasteiger partial charge is 0.396 e. The molecule has 0 amide bonds. The van der Waals surface area contributed by atoms with Gasteiger partial charge in [-0.2, -0.15) is 5.10 Å². The molecule has 2 atom stereocenters. The molecule has 1 aliphatic rings. The van der Waals surface area contributed by atoms with Gasteiger partial charge in [-0.1, -0.05) is 0 Å². The minimum absolute atomic E-state index is 0.183. The van der Waals surface area contributed by atoms with Crippen molar-refractivity contribution in [3.8, 4) is 0 Å². The Morgan fingerprint density at radius 3 is 3.06 bits per heavy atom. The third-order valence-corrected chi connectivity index (χ3v) is 3.19. The van der Waals surface area contributed by atoms with Gasteiger partial charge in [-0.05, 0) is 24.5 Å². The SMILES string of the molecule is Nc1cc(CO[C@@H]2CC[C@H]2N)cn2ncnc12. The first-order chi connectivity index (χ1) is 8.24. The van der Waals surface area contributed by atoms with Crippen LogP contribution in [0.1, 0.15) is 18.4 Å². The predicted molar refractivity (Wildman–Crippen MR) is 63.2 cm³/mol. The van der Waals surface area contributed by atoms with E-state index in [-0.39, 0.29) is 12.1 Å². The maximum absolute atomic E-state index is 5.88. The van der Waals surface area contributed by atoms with E-state index in [1.807, 2.05) is 12.3 Å². The summed E-state index contributed by atoms with van der Waals surface area (Å²) in [5.74, 6) is 0. The normalized spacial score (nSPS) is 23.8. The highest BCUT2D eigenvalue weighted by Gasteiger charge is 2.27. The highest BCUT2D eigenvalue weighted by Crippen LogP contribution is 2.23. The number of nitrogen functional groups attached to an aromatic ring is 1. The maximum Gasteiger partial charge on any atom is 0.178 e. The quantitative estimate of drug-likeness (QED) is 0.796. The van der Waals surface area contributed by atoms with Gasteiger partial charge in [0.15, 0.2) is 5.65 Å². The van der Waals surface area contributed by atoms with Crippen molar-refractivity contribution in [3.05, 3.63) is 24.2 Å². The van der Waals surface area contributed by atoms with E-state index in [2.05, 4.69) is 10.1 Å². The van der Waals surface area contributed by atoms with Gasteiger partial charge < -0.3 is 16.2 Å². The average Bonchev–Trinajstić information content (AvgIpc) is 2.76. The summed E-state index contributed by atoms with van der Waals surface area (Å²) >= 11 is 0. The molecule has 2 heterocycles. The molecule has 0 radical (unpaired) electrons. The summed E-state index contributed by atoms with van der Waals surface area (Å²) in [6.45, 7) is 0.512. The van der Waals surface area contributed by atoms with Gasteiger partial charge in [-0.3, -0.25) is 0 Å². The Morgan fingerprint density at radius 2 is 2.35 bits per heavy atom. The summed E-state index contributed by atoms with van der Waals surface area (Å²) in [5.41, 5.74) is 14.0. The summed E-state index contributed by atoms with van der Waals surface area (Å²) < 4.78 is 7.38. The molecule has 0 aromatic carbocycles. The smallest absolute Gasteiger partial charge is 0.178 e. The summed E-state index contributed by atoms with van der Waals surface area (Å²) in [6.07, 6.45) is 5.64. The van der Waals surface area contributed by atoms with E-state index in [0.717, 1.165) is 18.4 Å². The zero-order chi connectivity index (χ0) is 11.8. The van der Waals surface area contributed by atoms with E-state index >= 15 is 0 Å².